The van der Waals surface area contributed by atoms with Crippen LogP contribution in [0.25, 0.3) is 0 Å². The van der Waals surface area contributed by atoms with Crippen LogP contribution in [0.4, 0.5) is 0 Å². The van der Waals surface area contributed by atoms with Crippen LogP contribution in [0.2, 0.25) is 0 Å². The van der Waals surface area contributed by atoms with Crippen LogP contribution in [-0.4, -0.2) is 57.8 Å². The Kier molecular flexibility index (Phi) is 16.5. The van der Waals surface area contributed by atoms with Gasteiger partial charge < -0.3 is 29.9 Å². The summed E-state index contributed by atoms with van der Waals surface area (Å²) in [6.07, 6.45) is 0.410. The Morgan fingerprint density at radius 2 is 1.00 bits per heavy atom. The summed E-state index contributed by atoms with van der Waals surface area (Å²) in [6, 6.07) is 12.0. The lowest BCUT2D eigenvalue weighted by molar-refractivity contribution is -0.147. The number of ether oxygens (including phenoxy) is 2. The Morgan fingerprint density at radius 1 is 0.690 bits per heavy atom. The van der Waals surface area contributed by atoms with Crippen LogP contribution in [0.1, 0.15) is 74.9 Å². The molecule has 0 radical (unpaired) electrons. The van der Waals surface area contributed by atoms with Gasteiger partial charge in [-0.2, -0.15) is 0 Å². The number of aliphatic hydroxyl groups is 2. The first-order chi connectivity index (χ1) is 19.3. The highest BCUT2D eigenvalue weighted by molar-refractivity contribution is 5.72. The summed E-state index contributed by atoms with van der Waals surface area (Å²) in [7, 11) is 0. The molecular formula is C34H50O8. The molecule has 2 unspecified atom stereocenters. The van der Waals surface area contributed by atoms with Crippen LogP contribution in [0.3, 0.4) is 0 Å². The Balaban J connectivity index is 0.000000642. The zero-order chi connectivity index (χ0) is 32.7. The van der Waals surface area contributed by atoms with Crippen LogP contribution >= 0.6 is 0 Å². The van der Waals surface area contributed by atoms with E-state index in [9.17, 15) is 19.8 Å². The molecule has 42 heavy (non-hydrogen) atoms. The highest BCUT2D eigenvalue weighted by atomic mass is 16.5. The van der Waals surface area contributed by atoms with Gasteiger partial charge in [0.15, 0.2) is 12.2 Å². The first-order valence-corrected chi connectivity index (χ1v) is 13.8. The van der Waals surface area contributed by atoms with Gasteiger partial charge in [0.05, 0.1) is 12.5 Å². The number of aliphatic carboxylic acids is 2. The van der Waals surface area contributed by atoms with E-state index in [0.29, 0.717) is 13.2 Å². The molecule has 234 valence electrons. The van der Waals surface area contributed by atoms with Crippen molar-refractivity contribution in [2.45, 2.75) is 91.3 Å². The fourth-order valence-electron chi connectivity index (χ4n) is 3.71. The van der Waals surface area contributed by atoms with Crippen LogP contribution in [-0.2, 0) is 42.7 Å². The molecule has 2 aromatic carbocycles. The molecule has 0 fully saturated rings. The maximum atomic E-state index is 10.6. The standard InChI is InChI=1S/2C14H20O3.C6H10O2/c2*1-9-5-10(8-12(15)13(16)17)7-11(6-9)14(2,3)4;1-3-7-5-6-8-4-2/h2*5-7,12,15H,8H2,1-4H3,(H,16,17);3-4H,1-2,5-6H2. The Bertz CT molecular complexity index is 1060. The number of carboxylic acids is 2. The summed E-state index contributed by atoms with van der Waals surface area (Å²) in [5, 5.41) is 36.1. The molecule has 2 aromatic rings. The molecule has 8 heteroatoms. The lowest BCUT2D eigenvalue weighted by Gasteiger charge is -2.21. The molecule has 4 N–H and O–H groups in total. The van der Waals surface area contributed by atoms with Gasteiger partial charge in [-0.3, -0.25) is 0 Å². The third-order valence-corrected chi connectivity index (χ3v) is 5.99. The molecule has 2 rings (SSSR count). The molecule has 0 spiro atoms. The summed E-state index contributed by atoms with van der Waals surface area (Å²) in [5.74, 6) is -2.35. The molecule has 0 amide bonds. The summed E-state index contributed by atoms with van der Waals surface area (Å²) in [5.41, 5.74) is 6.27. The zero-order valence-corrected chi connectivity index (χ0v) is 26.4. The van der Waals surface area contributed by atoms with Crippen molar-refractivity contribution in [1.29, 1.82) is 0 Å². The lowest BCUT2D eigenvalue weighted by Crippen LogP contribution is -2.22. The van der Waals surface area contributed by atoms with Crippen molar-refractivity contribution in [2.75, 3.05) is 13.2 Å². The largest absolute Gasteiger partial charge is 0.498 e. The summed E-state index contributed by atoms with van der Waals surface area (Å²) < 4.78 is 9.45. The lowest BCUT2D eigenvalue weighted by atomic mass is 9.84. The van der Waals surface area contributed by atoms with E-state index in [1.165, 1.54) is 12.5 Å². The smallest absolute Gasteiger partial charge is 0.332 e. The topological polar surface area (TPSA) is 134 Å². The number of aryl methyl sites for hydroxylation is 2. The second-order valence-electron chi connectivity index (χ2n) is 12.1. The summed E-state index contributed by atoms with van der Waals surface area (Å²) in [6.45, 7) is 24.4. The van der Waals surface area contributed by atoms with Crippen LogP contribution in [0.15, 0.2) is 62.1 Å². The predicted molar refractivity (Wildman–Crippen MR) is 167 cm³/mol. The second-order valence-corrected chi connectivity index (χ2v) is 12.1. The van der Waals surface area contributed by atoms with Crippen molar-refractivity contribution >= 4 is 11.9 Å². The number of carboxylic acid groups (broad SMARTS) is 2. The number of benzene rings is 2. The molecule has 0 aliphatic rings. The van der Waals surface area contributed by atoms with E-state index in [0.717, 1.165) is 33.4 Å². The Morgan fingerprint density at radius 3 is 1.24 bits per heavy atom. The fraction of sp³-hybridized carbons (Fsp3) is 0.471. The Labute approximate surface area is 251 Å². The van der Waals surface area contributed by atoms with E-state index in [1.54, 1.807) is 0 Å². The number of hydrogen-bond donors (Lipinski definition) is 4. The summed E-state index contributed by atoms with van der Waals surface area (Å²) in [4.78, 5) is 21.2. The van der Waals surface area contributed by atoms with Gasteiger partial charge >= 0.3 is 11.9 Å². The minimum atomic E-state index is -1.33. The number of rotatable bonds is 11. The SMILES string of the molecule is C=COCCOC=C.Cc1cc(CC(O)C(=O)O)cc(C(C)(C)C)c1.Cc1cc(CC(O)C(=O)O)cc(C(C)(C)C)c1. The quantitative estimate of drug-likeness (QED) is 0.190. The van der Waals surface area contributed by atoms with E-state index in [-0.39, 0.29) is 23.7 Å². The molecule has 0 saturated carbocycles. The average Bonchev–Trinajstić information content (AvgIpc) is 2.85. The van der Waals surface area contributed by atoms with Gasteiger partial charge in [-0.1, -0.05) is 102 Å². The third-order valence-electron chi connectivity index (χ3n) is 5.99. The molecule has 0 heterocycles. The van der Waals surface area contributed by atoms with Gasteiger partial charge in [-0.05, 0) is 46.9 Å². The van der Waals surface area contributed by atoms with Crippen molar-refractivity contribution < 1.29 is 39.5 Å². The van der Waals surface area contributed by atoms with Gasteiger partial charge in [0.2, 0.25) is 0 Å². The van der Waals surface area contributed by atoms with E-state index in [2.05, 4.69) is 66.8 Å². The van der Waals surface area contributed by atoms with Crippen LogP contribution in [0.5, 0.6) is 0 Å². The third kappa shape index (κ3) is 16.0. The van der Waals surface area contributed by atoms with Gasteiger partial charge in [-0.15, -0.1) is 0 Å². The summed E-state index contributed by atoms with van der Waals surface area (Å²) >= 11 is 0. The molecule has 0 aromatic heterocycles. The molecule has 2 atom stereocenters. The zero-order valence-electron chi connectivity index (χ0n) is 26.4. The molecule has 8 nitrogen and oxygen atoms in total. The van der Waals surface area contributed by atoms with Crippen molar-refractivity contribution in [2.24, 2.45) is 0 Å². The van der Waals surface area contributed by atoms with E-state index >= 15 is 0 Å². The number of carbonyl (C=O) groups is 2. The molecule has 0 aliphatic carbocycles. The molecule has 0 saturated heterocycles. The van der Waals surface area contributed by atoms with Crippen molar-refractivity contribution in [3.8, 4) is 0 Å². The van der Waals surface area contributed by atoms with Gasteiger partial charge in [0.1, 0.15) is 13.2 Å². The minimum Gasteiger partial charge on any atom is -0.498 e. The average molecular weight is 587 g/mol. The maximum Gasteiger partial charge on any atom is 0.332 e. The van der Waals surface area contributed by atoms with Crippen LogP contribution in [0, 0.1) is 13.8 Å². The van der Waals surface area contributed by atoms with E-state index in [4.69, 9.17) is 19.7 Å². The van der Waals surface area contributed by atoms with Crippen molar-refractivity contribution in [3.63, 3.8) is 0 Å². The van der Waals surface area contributed by atoms with Crippen molar-refractivity contribution in [1.82, 2.24) is 0 Å². The van der Waals surface area contributed by atoms with Gasteiger partial charge in [-0.25, -0.2) is 9.59 Å². The van der Waals surface area contributed by atoms with E-state index in [1.807, 2.05) is 38.1 Å². The number of aliphatic hydroxyl groups excluding tert-OH is 2. The highest BCUT2D eigenvalue weighted by Gasteiger charge is 2.19. The van der Waals surface area contributed by atoms with Gasteiger partial charge in [0.25, 0.3) is 0 Å². The second kappa shape index (κ2) is 18.0. The minimum absolute atomic E-state index is 0.0228. The molecular weight excluding hydrogens is 536 g/mol. The molecule has 0 aliphatic heterocycles. The normalized spacial score (nSPS) is 12.3. The Hall–Kier alpha value is -3.62. The number of hydrogen-bond acceptors (Lipinski definition) is 6. The maximum absolute atomic E-state index is 10.6. The van der Waals surface area contributed by atoms with Crippen LogP contribution < -0.4 is 0 Å². The first-order valence-electron chi connectivity index (χ1n) is 13.8. The first kappa shape index (κ1) is 38.4. The highest BCUT2D eigenvalue weighted by Crippen LogP contribution is 2.26. The fourth-order valence-corrected chi connectivity index (χ4v) is 3.71. The van der Waals surface area contributed by atoms with E-state index < -0.39 is 24.1 Å². The van der Waals surface area contributed by atoms with Crippen molar-refractivity contribution in [3.05, 3.63) is 95.5 Å². The predicted octanol–water partition coefficient (Wildman–Crippen LogP) is 5.87. The monoisotopic (exact) mass is 586 g/mol. The molecule has 0 bridgehead atoms. The van der Waals surface area contributed by atoms with Gasteiger partial charge in [0, 0.05) is 12.8 Å².